The maximum absolute atomic E-state index is 15.0. The van der Waals surface area contributed by atoms with Crippen molar-refractivity contribution in [2.45, 2.75) is 6.54 Å². The molecule has 2 amide bonds. The Bertz CT molecular complexity index is 1470. The third-order valence-corrected chi connectivity index (χ3v) is 6.27. The van der Waals surface area contributed by atoms with Crippen molar-refractivity contribution in [2.75, 3.05) is 42.9 Å². The first kappa shape index (κ1) is 25.7. The molecule has 11 nitrogen and oxygen atoms in total. The zero-order chi connectivity index (χ0) is 27.4. The molecule has 39 heavy (non-hydrogen) atoms. The van der Waals surface area contributed by atoms with Gasteiger partial charge in [0.2, 0.25) is 5.91 Å². The quantitative estimate of drug-likeness (QED) is 0.309. The van der Waals surface area contributed by atoms with Gasteiger partial charge in [0.1, 0.15) is 17.8 Å². The van der Waals surface area contributed by atoms with Crippen molar-refractivity contribution in [3.05, 3.63) is 77.8 Å². The molecule has 0 aliphatic carbocycles. The van der Waals surface area contributed by atoms with Gasteiger partial charge in [0.15, 0.2) is 23.1 Å². The molecule has 3 N–H and O–H groups in total. The van der Waals surface area contributed by atoms with E-state index in [1.165, 1.54) is 18.4 Å². The van der Waals surface area contributed by atoms with Crippen LogP contribution in [-0.2, 0) is 11.3 Å². The van der Waals surface area contributed by atoms with Crippen LogP contribution in [0.15, 0.2) is 63.8 Å². The fourth-order valence-electron chi connectivity index (χ4n) is 4.15. The SMILES string of the molecule is O=C(NCC(=O)N1CCN(c2ccc(-c3cc(CNc4ccon4)on3)cc2F)CC1)c1ccc(O)c(F)c1. The molecule has 5 rings (SSSR count). The fraction of sp³-hybridized carbons (Fsp3) is 0.231. The minimum atomic E-state index is -0.924. The normalized spacial score (nSPS) is 13.4. The predicted molar refractivity (Wildman–Crippen MR) is 135 cm³/mol. The Kier molecular flexibility index (Phi) is 7.39. The number of hydrogen-bond donors (Lipinski definition) is 3. The average molecular weight is 539 g/mol. The number of amides is 2. The van der Waals surface area contributed by atoms with E-state index in [9.17, 15) is 19.1 Å². The topological polar surface area (TPSA) is 137 Å². The maximum Gasteiger partial charge on any atom is 0.251 e. The number of aromatic nitrogens is 2. The monoisotopic (exact) mass is 538 g/mol. The number of carbonyl (C=O) groups excluding carboxylic acids is 2. The number of nitrogens with one attached hydrogen (secondary N) is 2. The van der Waals surface area contributed by atoms with Crippen molar-refractivity contribution in [2.24, 2.45) is 0 Å². The highest BCUT2D eigenvalue weighted by atomic mass is 19.1. The number of anilines is 2. The lowest BCUT2D eigenvalue weighted by Gasteiger charge is -2.36. The minimum absolute atomic E-state index is 0.00749. The standard InChI is InChI=1S/C26H24F2N6O5/c27-19-11-16(21-13-18(39-31-21)14-29-24-5-10-38-32-24)1-3-22(19)33-6-8-34(9-7-33)25(36)15-30-26(37)17-2-4-23(35)20(28)12-17/h1-5,10-13,35H,6-9,14-15H2,(H,29,32)(H,30,37). The molecule has 13 heteroatoms. The Morgan fingerprint density at radius 2 is 1.79 bits per heavy atom. The molecule has 0 radical (unpaired) electrons. The number of rotatable bonds is 8. The van der Waals surface area contributed by atoms with Gasteiger partial charge in [-0.2, -0.15) is 0 Å². The molecule has 0 spiro atoms. The van der Waals surface area contributed by atoms with E-state index in [2.05, 4.69) is 20.9 Å². The van der Waals surface area contributed by atoms with Gasteiger partial charge in [-0.15, -0.1) is 0 Å². The van der Waals surface area contributed by atoms with Gasteiger partial charge in [-0.3, -0.25) is 9.59 Å². The van der Waals surface area contributed by atoms with Gasteiger partial charge in [0.25, 0.3) is 5.91 Å². The second kappa shape index (κ2) is 11.2. The highest BCUT2D eigenvalue weighted by Gasteiger charge is 2.24. The third-order valence-electron chi connectivity index (χ3n) is 6.27. The lowest BCUT2D eigenvalue weighted by atomic mass is 10.1. The molecule has 0 unspecified atom stereocenters. The van der Waals surface area contributed by atoms with Crippen molar-refractivity contribution in [3.8, 4) is 17.0 Å². The van der Waals surface area contributed by atoms with E-state index in [-0.39, 0.29) is 18.0 Å². The zero-order valence-electron chi connectivity index (χ0n) is 20.6. The Morgan fingerprint density at radius 1 is 0.974 bits per heavy atom. The van der Waals surface area contributed by atoms with Crippen LogP contribution in [0.1, 0.15) is 16.1 Å². The van der Waals surface area contributed by atoms with Crippen molar-refractivity contribution in [1.29, 1.82) is 0 Å². The molecule has 2 aromatic heterocycles. The van der Waals surface area contributed by atoms with E-state index < -0.39 is 23.3 Å². The highest BCUT2D eigenvalue weighted by Crippen LogP contribution is 2.27. The summed E-state index contributed by atoms with van der Waals surface area (Å²) in [6.45, 7) is 1.56. The van der Waals surface area contributed by atoms with E-state index in [4.69, 9.17) is 9.05 Å². The second-order valence-electron chi connectivity index (χ2n) is 8.80. The molecule has 0 bridgehead atoms. The average Bonchev–Trinajstić information content (AvgIpc) is 3.64. The highest BCUT2D eigenvalue weighted by molar-refractivity contribution is 5.96. The Labute approximate surface area is 221 Å². The molecule has 1 aliphatic heterocycles. The molecule has 1 fully saturated rings. The summed E-state index contributed by atoms with van der Waals surface area (Å²) in [6.07, 6.45) is 1.45. The van der Waals surface area contributed by atoms with Gasteiger partial charge in [-0.05, 0) is 30.3 Å². The third kappa shape index (κ3) is 5.98. The second-order valence-corrected chi connectivity index (χ2v) is 8.80. The zero-order valence-corrected chi connectivity index (χ0v) is 20.6. The number of carbonyl (C=O) groups is 2. The van der Waals surface area contributed by atoms with Gasteiger partial charge in [0, 0.05) is 49.4 Å². The molecular formula is C26H24F2N6O5. The molecule has 3 heterocycles. The summed E-state index contributed by atoms with van der Waals surface area (Å²) in [5.74, 6) is -1.75. The fourth-order valence-corrected chi connectivity index (χ4v) is 4.15. The molecule has 2 aromatic carbocycles. The number of hydrogen-bond acceptors (Lipinski definition) is 9. The first-order valence-electron chi connectivity index (χ1n) is 12.1. The van der Waals surface area contributed by atoms with Crippen molar-refractivity contribution in [1.82, 2.24) is 20.5 Å². The summed E-state index contributed by atoms with van der Waals surface area (Å²) < 4.78 is 38.6. The van der Waals surface area contributed by atoms with Crippen LogP contribution in [0.2, 0.25) is 0 Å². The molecular weight excluding hydrogens is 514 g/mol. The minimum Gasteiger partial charge on any atom is -0.505 e. The summed E-state index contributed by atoms with van der Waals surface area (Å²) in [5.41, 5.74) is 1.45. The van der Waals surface area contributed by atoms with Crippen LogP contribution in [0.25, 0.3) is 11.3 Å². The first-order chi connectivity index (χ1) is 18.9. The van der Waals surface area contributed by atoms with E-state index in [0.717, 1.165) is 12.1 Å². The lowest BCUT2D eigenvalue weighted by Crippen LogP contribution is -2.51. The van der Waals surface area contributed by atoms with Gasteiger partial charge in [-0.1, -0.05) is 16.4 Å². The number of phenols is 1. The van der Waals surface area contributed by atoms with Crippen LogP contribution >= 0.6 is 0 Å². The summed E-state index contributed by atoms with van der Waals surface area (Å²) in [5, 5.41) is 22.5. The van der Waals surface area contributed by atoms with Crippen molar-refractivity contribution >= 4 is 23.3 Å². The van der Waals surface area contributed by atoms with Crippen LogP contribution in [0.5, 0.6) is 5.75 Å². The molecule has 4 aromatic rings. The number of piperazine rings is 1. The summed E-state index contributed by atoms with van der Waals surface area (Å²) in [4.78, 5) is 28.2. The Hall–Kier alpha value is -4.94. The number of nitrogens with zero attached hydrogens (tertiary/aromatic N) is 4. The van der Waals surface area contributed by atoms with E-state index in [1.807, 2.05) is 4.90 Å². The maximum atomic E-state index is 15.0. The number of aromatic hydroxyl groups is 1. The van der Waals surface area contributed by atoms with Crippen LogP contribution in [-0.4, -0.2) is 64.9 Å². The Morgan fingerprint density at radius 3 is 2.51 bits per heavy atom. The van der Waals surface area contributed by atoms with E-state index >= 15 is 4.39 Å². The van der Waals surface area contributed by atoms with Gasteiger partial charge in [-0.25, -0.2) is 8.78 Å². The number of benzene rings is 2. The van der Waals surface area contributed by atoms with Gasteiger partial charge < -0.3 is 34.6 Å². The summed E-state index contributed by atoms with van der Waals surface area (Å²) >= 11 is 0. The van der Waals surface area contributed by atoms with Crippen LogP contribution < -0.4 is 15.5 Å². The van der Waals surface area contributed by atoms with Crippen LogP contribution in [0.4, 0.5) is 20.3 Å². The molecule has 0 atom stereocenters. The van der Waals surface area contributed by atoms with Crippen molar-refractivity contribution in [3.63, 3.8) is 0 Å². The smallest absolute Gasteiger partial charge is 0.251 e. The summed E-state index contributed by atoms with van der Waals surface area (Å²) in [6, 6.07) is 11.4. The molecule has 0 saturated carbocycles. The first-order valence-corrected chi connectivity index (χ1v) is 12.1. The van der Waals surface area contributed by atoms with E-state index in [1.54, 1.807) is 29.2 Å². The van der Waals surface area contributed by atoms with Gasteiger partial charge in [0.05, 0.1) is 18.8 Å². The molecule has 1 aliphatic rings. The Balaban J connectivity index is 1.12. The number of halogens is 2. The lowest BCUT2D eigenvalue weighted by molar-refractivity contribution is -0.130. The molecule has 1 saturated heterocycles. The van der Waals surface area contributed by atoms with Crippen LogP contribution in [0.3, 0.4) is 0 Å². The van der Waals surface area contributed by atoms with Crippen molar-refractivity contribution < 1.29 is 32.5 Å². The van der Waals surface area contributed by atoms with E-state index in [0.29, 0.717) is 61.2 Å². The largest absolute Gasteiger partial charge is 0.505 e. The number of phenolic OH excluding ortho intramolecular Hbond substituents is 1. The summed E-state index contributed by atoms with van der Waals surface area (Å²) in [7, 11) is 0. The van der Waals surface area contributed by atoms with Gasteiger partial charge >= 0.3 is 0 Å². The predicted octanol–water partition coefficient (Wildman–Crippen LogP) is 3.00. The molecule has 202 valence electrons. The van der Waals surface area contributed by atoms with Crippen LogP contribution in [0, 0.1) is 11.6 Å².